The third-order valence-corrected chi connectivity index (χ3v) is 3.70. The molecule has 2 rings (SSSR count). The predicted molar refractivity (Wildman–Crippen MR) is 74.9 cm³/mol. The summed E-state index contributed by atoms with van der Waals surface area (Å²) in [5, 5.41) is 2.28. The van der Waals surface area contributed by atoms with Crippen molar-refractivity contribution in [3.63, 3.8) is 0 Å². The van der Waals surface area contributed by atoms with Gasteiger partial charge < -0.3 is 10.1 Å². The Balaban J connectivity index is 2.24. The Labute approximate surface area is 124 Å². The van der Waals surface area contributed by atoms with E-state index in [1.165, 1.54) is 0 Å². The third kappa shape index (κ3) is 3.11. The van der Waals surface area contributed by atoms with Crippen molar-refractivity contribution in [1.82, 2.24) is 5.32 Å². The summed E-state index contributed by atoms with van der Waals surface area (Å²) in [7, 11) is 0. The molecule has 1 aliphatic rings. The maximum absolute atomic E-state index is 14.1. The van der Waals surface area contributed by atoms with Crippen LogP contribution < -0.4 is 5.32 Å². The number of carbonyl (C=O) groups is 1. The van der Waals surface area contributed by atoms with Crippen molar-refractivity contribution < 1.29 is 18.3 Å². The average Bonchev–Trinajstić information content (AvgIpc) is 2.50. The maximum Gasteiger partial charge on any atom is 0.408 e. The Morgan fingerprint density at radius 3 is 2.70 bits per heavy atom. The number of halogens is 3. The number of ether oxygens (including phenoxy) is 1. The Hall–Kier alpha value is -1.17. The van der Waals surface area contributed by atoms with Gasteiger partial charge in [0.15, 0.2) is 0 Å². The van der Waals surface area contributed by atoms with E-state index in [4.69, 9.17) is 4.74 Å². The fraction of sp³-hybridized carbons (Fsp3) is 0.500. The molecule has 1 N–H and O–H groups in total. The molecule has 1 unspecified atom stereocenters. The highest BCUT2D eigenvalue weighted by molar-refractivity contribution is 9.10. The molecule has 0 bridgehead atoms. The smallest absolute Gasteiger partial charge is 0.408 e. The standard InChI is InChI=1S/C14H16BrF2NO2/c1-13(2,3)20-12(19)18-11-8-5-4-6-10(15)9(8)7-14(11,16)17/h4-6,11H,7H2,1-3H3,(H,18,19). The predicted octanol–water partition coefficient (Wildman–Crippen LogP) is 4.21. The molecule has 1 aliphatic carbocycles. The first kappa shape index (κ1) is 15.2. The van der Waals surface area contributed by atoms with E-state index in [1.54, 1.807) is 39.0 Å². The van der Waals surface area contributed by atoms with Crippen LogP contribution in [-0.2, 0) is 11.2 Å². The van der Waals surface area contributed by atoms with E-state index in [0.717, 1.165) is 0 Å². The van der Waals surface area contributed by atoms with Crippen LogP contribution in [-0.4, -0.2) is 17.6 Å². The first-order chi connectivity index (χ1) is 9.10. The summed E-state index contributed by atoms with van der Waals surface area (Å²) in [6, 6.07) is 3.63. The van der Waals surface area contributed by atoms with Crippen molar-refractivity contribution in [2.45, 2.75) is 44.8 Å². The van der Waals surface area contributed by atoms with Gasteiger partial charge in [0.25, 0.3) is 5.92 Å². The topological polar surface area (TPSA) is 38.3 Å². The zero-order valence-electron chi connectivity index (χ0n) is 11.5. The molecule has 0 saturated heterocycles. The number of hydrogen-bond donors (Lipinski definition) is 1. The second-order valence-electron chi connectivity index (χ2n) is 5.82. The minimum absolute atomic E-state index is 0.399. The molecule has 0 aromatic heterocycles. The van der Waals surface area contributed by atoms with Gasteiger partial charge in [0.1, 0.15) is 11.6 Å². The number of alkyl carbamates (subject to hydrolysis) is 1. The van der Waals surface area contributed by atoms with E-state index in [0.29, 0.717) is 15.6 Å². The molecule has 0 heterocycles. The van der Waals surface area contributed by atoms with Crippen molar-refractivity contribution in [3.05, 3.63) is 33.8 Å². The van der Waals surface area contributed by atoms with E-state index in [9.17, 15) is 13.6 Å². The van der Waals surface area contributed by atoms with Gasteiger partial charge in [-0.3, -0.25) is 0 Å². The van der Waals surface area contributed by atoms with E-state index >= 15 is 0 Å². The Kier molecular flexibility index (Phi) is 3.79. The minimum atomic E-state index is -3.02. The van der Waals surface area contributed by atoms with Crippen LogP contribution in [0.3, 0.4) is 0 Å². The monoisotopic (exact) mass is 347 g/mol. The van der Waals surface area contributed by atoms with Gasteiger partial charge in [-0.05, 0) is 38.0 Å². The molecule has 0 radical (unpaired) electrons. The first-order valence-corrected chi connectivity index (χ1v) is 7.04. The maximum atomic E-state index is 14.1. The zero-order chi connectivity index (χ0) is 15.1. The largest absolute Gasteiger partial charge is 0.444 e. The molecule has 0 saturated carbocycles. The number of alkyl halides is 2. The van der Waals surface area contributed by atoms with E-state index < -0.39 is 30.1 Å². The molecule has 1 atom stereocenters. The molecule has 1 aromatic carbocycles. The Bertz CT molecular complexity index is 540. The lowest BCUT2D eigenvalue weighted by Crippen LogP contribution is -2.40. The van der Waals surface area contributed by atoms with Crippen LogP contribution in [0.5, 0.6) is 0 Å². The summed E-state index contributed by atoms with van der Waals surface area (Å²) in [5.74, 6) is -3.02. The number of rotatable bonds is 1. The second-order valence-corrected chi connectivity index (χ2v) is 6.68. The van der Waals surface area contributed by atoms with Crippen molar-refractivity contribution in [2.24, 2.45) is 0 Å². The summed E-state index contributed by atoms with van der Waals surface area (Å²) in [4.78, 5) is 11.7. The molecule has 110 valence electrons. The van der Waals surface area contributed by atoms with Gasteiger partial charge in [-0.15, -0.1) is 0 Å². The van der Waals surface area contributed by atoms with Crippen molar-refractivity contribution in [1.29, 1.82) is 0 Å². The fourth-order valence-electron chi connectivity index (χ4n) is 2.21. The number of fused-ring (bicyclic) bond motifs is 1. The second kappa shape index (κ2) is 4.98. The lowest BCUT2D eigenvalue weighted by atomic mass is 10.1. The van der Waals surface area contributed by atoms with Gasteiger partial charge in [0, 0.05) is 10.9 Å². The van der Waals surface area contributed by atoms with Crippen molar-refractivity contribution in [2.75, 3.05) is 0 Å². The summed E-state index contributed by atoms with van der Waals surface area (Å²) in [6.07, 6.45) is -1.24. The molecule has 6 heteroatoms. The number of hydrogen-bond acceptors (Lipinski definition) is 2. The molecular formula is C14H16BrF2NO2. The van der Waals surface area contributed by atoms with Crippen molar-refractivity contribution in [3.8, 4) is 0 Å². The SMILES string of the molecule is CC(C)(C)OC(=O)NC1c2cccc(Br)c2CC1(F)F. The third-order valence-electron chi connectivity index (χ3n) is 2.96. The molecular weight excluding hydrogens is 332 g/mol. The van der Waals surface area contributed by atoms with Crippen LogP contribution >= 0.6 is 15.9 Å². The summed E-state index contributed by atoms with van der Waals surface area (Å²) in [5.41, 5.74) is 0.228. The number of carbonyl (C=O) groups excluding carboxylic acids is 1. The van der Waals surface area contributed by atoms with Crippen LogP contribution in [0.15, 0.2) is 22.7 Å². The molecule has 1 amide bonds. The average molecular weight is 348 g/mol. The van der Waals surface area contributed by atoms with Gasteiger partial charge in [0.2, 0.25) is 0 Å². The zero-order valence-corrected chi connectivity index (χ0v) is 13.1. The molecule has 0 fully saturated rings. The summed E-state index contributed by atoms with van der Waals surface area (Å²) >= 11 is 3.26. The van der Waals surface area contributed by atoms with E-state index in [1.807, 2.05) is 0 Å². The number of amides is 1. The summed E-state index contributed by atoms with van der Waals surface area (Å²) < 4.78 is 33.8. The van der Waals surface area contributed by atoms with Gasteiger partial charge in [-0.25, -0.2) is 13.6 Å². The van der Waals surface area contributed by atoms with Gasteiger partial charge in [0.05, 0.1) is 0 Å². The van der Waals surface area contributed by atoms with Gasteiger partial charge in [-0.2, -0.15) is 0 Å². The van der Waals surface area contributed by atoms with Crippen LogP contribution in [0, 0.1) is 0 Å². The van der Waals surface area contributed by atoms with Gasteiger partial charge in [-0.1, -0.05) is 28.1 Å². The summed E-state index contributed by atoms with van der Waals surface area (Å²) in [6.45, 7) is 5.05. The highest BCUT2D eigenvalue weighted by atomic mass is 79.9. The molecule has 3 nitrogen and oxygen atoms in total. The van der Waals surface area contributed by atoms with E-state index in [-0.39, 0.29) is 0 Å². The number of benzene rings is 1. The molecule has 0 aliphatic heterocycles. The van der Waals surface area contributed by atoms with Gasteiger partial charge >= 0.3 is 6.09 Å². The van der Waals surface area contributed by atoms with Crippen LogP contribution in [0.1, 0.15) is 37.9 Å². The minimum Gasteiger partial charge on any atom is -0.444 e. The number of nitrogens with one attached hydrogen (secondary N) is 1. The highest BCUT2D eigenvalue weighted by Crippen LogP contribution is 2.45. The quantitative estimate of drug-likeness (QED) is 0.826. The molecule has 0 spiro atoms. The van der Waals surface area contributed by atoms with Crippen LogP contribution in [0.25, 0.3) is 0 Å². The lowest BCUT2D eigenvalue weighted by Gasteiger charge is -2.25. The molecule has 20 heavy (non-hydrogen) atoms. The highest BCUT2D eigenvalue weighted by Gasteiger charge is 2.49. The lowest BCUT2D eigenvalue weighted by molar-refractivity contribution is -0.0305. The molecule has 1 aromatic rings. The van der Waals surface area contributed by atoms with Crippen LogP contribution in [0.2, 0.25) is 0 Å². The first-order valence-electron chi connectivity index (χ1n) is 6.25. The van der Waals surface area contributed by atoms with Crippen molar-refractivity contribution >= 4 is 22.0 Å². The Morgan fingerprint density at radius 1 is 1.45 bits per heavy atom. The fourth-order valence-corrected chi connectivity index (χ4v) is 2.73. The van der Waals surface area contributed by atoms with E-state index in [2.05, 4.69) is 21.2 Å². The normalized spacial score (nSPS) is 20.4. The van der Waals surface area contributed by atoms with Crippen LogP contribution in [0.4, 0.5) is 13.6 Å². The Morgan fingerprint density at radius 2 is 2.10 bits per heavy atom.